The second-order valence-electron chi connectivity index (χ2n) is 6.48. The summed E-state index contributed by atoms with van der Waals surface area (Å²) in [5.74, 6) is 0.705. The van der Waals surface area contributed by atoms with E-state index in [1.807, 2.05) is 0 Å². The number of hydrogen-bond donors (Lipinski definition) is 1. The van der Waals surface area contributed by atoms with Crippen molar-refractivity contribution in [3.05, 3.63) is 46.5 Å². The van der Waals surface area contributed by atoms with Crippen molar-refractivity contribution in [1.29, 1.82) is 0 Å². The summed E-state index contributed by atoms with van der Waals surface area (Å²) in [6, 6.07) is 7.69. The molecular weight excluding hydrogens is 312 g/mol. The molecule has 4 heterocycles. The Labute approximate surface area is 139 Å². The van der Waals surface area contributed by atoms with Gasteiger partial charge in [0.25, 0.3) is 5.91 Å². The van der Waals surface area contributed by atoms with Gasteiger partial charge < -0.3 is 14.5 Å². The van der Waals surface area contributed by atoms with E-state index < -0.39 is 0 Å². The van der Waals surface area contributed by atoms with Crippen LogP contribution in [0.2, 0.25) is 0 Å². The zero-order chi connectivity index (χ0) is 15.7. The molecule has 1 amide bonds. The number of nitrogens with one attached hydrogen (secondary N) is 1. The molecule has 0 aliphatic carbocycles. The van der Waals surface area contributed by atoms with Crippen LogP contribution in [0.15, 0.2) is 40.3 Å². The van der Waals surface area contributed by atoms with E-state index in [1.165, 1.54) is 11.1 Å². The Morgan fingerprint density at radius 3 is 3.17 bits per heavy atom. The summed E-state index contributed by atoms with van der Waals surface area (Å²) in [7, 11) is 0. The van der Waals surface area contributed by atoms with Crippen molar-refractivity contribution in [2.75, 3.05) is 32.8 Å². The van der Waals surface area contributed by atoms with Crippen LogP contribution < -0.4 is 5.32 Å². The van der Waals surface area contributed by atoms with E-state index >= 15 is 0 Å². The van der Waals surface area contributed by atoms with Gasteiger partial charge in [0.15, 0.2) is 5.76 Å². The third kappa shape index (κ3) is 2.94. The molecule has 0 unspecified atom stereocenters. The highest BCUT2D eigenvalue weighted by molar-refractivity contribution is 7.09. The Kier molecular flexibility index (Phi) is 3.97. The lowest BCUT2D eigenvalue weighted by atomic mass is 9.81. The van der Waals surface area contributed by atoms with E-state index in [4.69, 9.17) is 9.15 Å². The Balaban J connectivity index is 1.40. The Hall–Kier alpha value is -1.63. The fraction of sp³-hybridized carbons (Fsp3) is 0.471. The number of carbonyl (C=O) groups is 1. The average Bonchev–Trinajstić information content (AvgIpc) is 3.29. The van der Waals surface area contributed by atoms with E-state index in [0.29, 0.717) is 18.2 Å². The summed E-state index contributed by atoms with van der Waals surface area (Å²) >= 11 is 1.80. The van der Waals surface area contributed by atoms with Crippen LogP contribution in [0.3, 0.4) is 0 Å². The molecule has 0 spiro atoms. The van der Waals surface area contributed by atoms with Crippen molar-refractivity contribution >= 4 is 17.2 Å². The van der Waals surface area contributed by atoms with Gasteiger partial charge in [-0.3, -0.25) is 9.69 Å². The molecule has 2 aromatic rings. The first-order chi connectivity index (χ1) is 11.3. The smallest absolute Gasteiger partial charge is 0.286 e. The van der Waals surface area contributed by atoms with Gasteiger partial charge in [-0.25, -0.2) is 0 Å². The molecule has 6 heteroatoms. The molecule has 2 aliphatic heterocycles. The zero-order valence-electron chi connectivity index (χ0n) is 12.9. The number of furan rings is 1. The summed E-state index contributed by atoms with van der Waals surface area (Å²) < 4.78 is 10.9. The molecule has 0 saturated carbocycles. The third-order valence-corrected chi connectivity index (χ3v) is 5.76. The number of thiophene rings is 1. The molecule has 0 bridgehead atoms. The SMILES string of the molecule is O=C(NC[C@@]12COC[C@@H]1CN(Cc1cccs1)C2)c1ccco1. The second-order valence-corrected chi connectivity index (χ2v) is 7.52. The van der Waals surface area contributed by atoms with E-state index in [1.54, 1.807) is 23.5 Å². The minimum atomic E-state index is -0.147. The van der Waals surface area contributed by atoms with Crippen molar-refractivity contribution in [3.63, 3.8) is 0 Å². The van der Waals surface area contributed by atoms with Gasteiger partial charge in [0.2, 0.25) is 0 Å². The van der Waals surface area contributed by atoms with Crippen molar-refractivity contribution in [2.45, 2.75) is 6.54 Å². The van der Waals surface area contributed by atoms with Crippen LogP contribution in [-0.2, 0) is 11.3 Å². The maximum atomic E-state index is 12.1. The highest BCUT2D eigenvalue weighted by Crippen LogP contribution is 2.41. The number of amides is 1. The topological polar surface area (TPSA) is 54.7 Å². The quantitative estimate of drug-likeness (QED) is 0.912. The van der Waals surface area contributed by atoms with Gasteiger partial charge in [0, 0.05) is 42.4 Å². The molecule has 2 aromatic heterocycles. The number of fused-ring (bicyclic) bond motifs is 1. The molecular formula is C17H20N2O3S. The highest BCUT2D eigenvalue weighted by Gasteiger charge is 2.50. The maximum absolute atomic E-state index is 12.1. The fourth-order valence-electron chi connectivity index (χ4n) is 3.69. The molecule has 2 aliphatic rings. The summed E-state index contributed by atoms with van der Waals surface area (Å²) in [5.41, 5.74) is 0.0273. The Morgan fingerprint density at radius 1 is 1.43 bits per heavy atom. The summed E-state index contributed by atoms with van der Waals surface area (Å²) in [4.78, 5) is 16.0. The maximum Gasteiger partial charge on any atom is 0.286 e. The van der Waals surface area contributed by atoms with Crippen LogP contribution in [0.4, 0.5) is 0 Å². The molecule has 23 heavy (non-hydrogen) atoms. The number of nitrogens with zero attached hydrogens (tertiary/aromatic N) is 1. The first kappa shape index (κ1) is 14.9. The molecule has 5 nitrogen and oxygen atoms in total. The number of likely N-dealkylation sites (tertiary alicyclic amines) is 1. The number of rotatable bonds is 5. The van der Waals surface area contributed by atoms with Crippen molar-refractivity contribution in [3.8, 4) is 0 Å². The minimum absolute atomic E-state index is 0.0273. The molecule has 0 radical (unpaired) electrons. The van der Waals surface area contributed by atoms with Gasteiger partial charge in [0.1, 0.15) is 0 Å². The van der Waals surface area contributed by atoms with Crippen LogP contribution in [0.1, 0.15) is 15.4 Å². The number of carbonyl (C=O) groups excluding carboxylic acids is 1. The molecule has 2 fully saturated rings. The lowest BCUT2D eigenvalue weighted by molar-refractivity contribution is 0.0878. The second kappa shape index (κ2) is 6.11. The molecule has 2 saturated heterocycles. The average molecular weight is 332 g/mol. The molecule has 2 atom stereocenters. The normalized spacial score (nSPS) is 27.2. The van der Waals surface area contributed by atoms with Crippen molar-refractivity contribution < 1.29 is 13.9 Å². The van der Waals surface area contributed by atoms with Crippen LogP contribution >= 0.6 is 11.3 Å². The van der Waals surface area contributed by atoms with E-state index in [-0.39, 0.29) is 11.3 Å². The summed E-state index contributed by atoms with van der Waals surface area (Å²) in [5, 5.41) is 5.15. The zero-order valence-corrected chi connectivity index (χ0v) is 13.7. The van der Waals surface area contributed by atoms with Gasteiger partial charge in [0.05, 0.1) is 19.5 Å². The largest absolute Gasteiger partial charge is 0.459 e. The van der Waals surface area contributed by atoms with Gasteiger partial charge in [-0.15, -0.1) is 11.3 Å². The monoisotopic (exact) mass is 332 g/mol. The predicted octanol–water partition coefficient (Wildman–Crippen LogP) is 2.22. The fourth-order valence-corrected chi connectivity index (χ4v) is 4.43. The molecule has 1 N–H and O–H groups in total. The van der Waals surface area contributed by atoms with Crippen molar-refractivity contribution in [1.82, 2.24) is 10.2 Å². The van der Waals surface area contributed by atoms with E-state index in [9.17, 15) is 4.79 Å². The first-order valence-electron chi connectivity index (χ1n) is 7.89. The van der Waals surface area contributed by atoms with Crippen molar-refractivity contribution in [2.24, 2.45) is 11.3 Å². The third-order valence-electron chi connectivity index (χ3n) is 4.90. The number of hydrogen-bond acceptors (Lipinski definition) is 5. The lowest BCUT2D eigenvalue weighted by Gasteiger charge is -2.27. The lowest BCUT2D eigenvalue weighted by Crippen LogP contribution is -2.43. The predicted molar refractivity (Wildman–Crippen MR) is 87.4 cm³/mol. The van der Waals surface area contributed by atoms with Crippen LogP contribution in [0.5, 0.6) is 0 Å². The Morgan fingerprint density at radius 2 is 2.39 bits per heavy atom. The minimum Gasteiger partial charge on any atom is -0.459 e. The van der Waals surface area contributed by atoms with Crippen LogP contribution in [0, 0.1) is 11.3 Å². The molecule has 0 aromatic carbocycles. The highest BCUT2D eigenvalue weighted by atomic mass is 32.1. The van der Waals surface area contributed by atoms with Crippen LogP contribution in [-0.4, -0.2) is 43.7 Å². The summed E-state index contributed by atoms with van der Waals surface area (Å²) in [6.07, 6.45) is 1.52. The van der Waals surface area contributed by atoms with Gasteiger partial charge in [-0.05, 0) is 23.6 Å². The van der Waals surface area contributed by atoms with E-state index in [0.717, 1.165) is 32.8 Å². The number of ether oxygens (including phenoxy) is 1. The van der Waals surface area contributed by atoms with Gasteiger partial charge in [-0.1, -0.05) is 6.07 Å². The first-order valence-corrected chi connectivity index (χ1v) is 8.77. The van der Waals surface area contributed by atoms with Crippen LogP contribution in [0.25, 0.3) is 0 Å². The molecule has 122 valence electrons. The Bertz CT molecular complexity index is 655. The molecule has 4 rings (SSSR count). The van der Waals surface area contributed by atoms with E-state index in [2.05, 4.69) is 27.7 Å². The van der Waals surface area contributed by atoms with Gasteiger partial charge >= 0.3 is 0 Å². The standard InChI is InChI=1S/C17H20N2O3S/c20-16(15-4-1-5-22-15)18-10-17-11-19(7-13(17)9-21-12-17)8-14-3-2-6-23-14/h1-6,13H,7-12H2,(H,18,20)/t13-,17+/m0/s1. The summed E-state index contributed by atoms with van der Waals surface area (Å²) in [6.45, 7) is 5.14. The van der Waals surface area contributed by atoms with Gasteiger partial charge in [-0.2, -0.15) is 0 Å².